The molecule has 0 bridgehead atoms. The van der Waals surface area contributed by atoms with Gasteiger partial charge in [-0.15, -0.1) is 0 Å². The van der Waals surface area contributed by atoms with Crippen molar-refractivity contribution >= 4 is 17.5 Å². The highest BCUT2D eigenvalue weighted by atomic mass is 16.5. The van der Waals surface area contributed by atoms with Crippen molar-refractivity contribution in [3.05, 3.63) is 95.3 Å². The summed E-state index contributed by atoms with van der Waals surface area (Å²) in [7, 11) is 1.51. The number of benzene rings is 2. The van der Waals surface area contributed by atoms with E-state index in [2.05, 4.69) is 16.4 Å². The smallest absolute Gasteiger partial charge is 0.253 e. The Morgan fingerprint density at radius 3 is 2.50 bits per heavy atom. The normalized spacial score (nSPS) is 10.6. The van der Waals surface area contributed by atoms with Crippen LogP contribution in [-0.2, 0) is 33.7 Å². The molecule has 0 aliphatic heterocycles. The molecule has 0 atom stereocenters. The van der Waals surface area contributed by atoms with Gasteiger partial charge in [0.05, 0.1) is 13.0 Å². The van der Waals surface area contributed by atoms with E-state index in [4.69, 9.17) is 4.74 Å². The summed E-state index contributed by atoms with van der Waals surface area (Å²) in [5, 5.41) is 2.93. The van der Waals surface area contributed by atoms with Gasteiger partial charge in [0.25, 0.3) is 5.91 Å². The summed E-state index contributed by atoms with van der Waals surface area (Å²) >= 11 is 0. The van der Waals surface area contributed by atoms with E-state index in [-0.39, 0.29) is 24.8 Å². The van der Waals surface area contributed by atoms with Crippen LogP contribution in [0.25, 0.3) is 0 Å². The van der Waals surface area contributed by atoms with E-state index in [1.807, 2.05) is 67.6 Å². The van der Waals surface area contributed by atoms with E-state index in [9.17, 15) is 9.59 Å². The summed E-state index contributed by atoms with van der Waals surface area (Å²) in [5.41, 5.74) is 4.80. The molecule has 0 radical (unpaired) electrons. The largest absolute Gasteiger partial charge is 0.375 e. The van der Waals surface area contributed by atoms with E-state index in [1.165, 1.54) is 7.11 Å². The van der Waals surface area contributed by atoms with Crippen molar-refractivity contribution in [1.82, 2.24) is 10.3 Å². The van der Waals surface area contributed by atoms with Gasteiger partial charge in [0.1, 0.15) is 6.61 Å². The minimum absolute atomic E-state index is 0.00619. The fourth-order valence-electron chi connectivity index (χ4n) is 3.44. The zero-order chi connectivity index (χ0) is 22.8. The number of ether oxygens (including phenoxy) is 1. The molecule has 0 aliphatic rings. The number of pyridine rings is 1. The molecule has 0 spiro atoms. The van der Waals surface area contributed by atoms with Gasteiger partial charge in [0, 0.05) is 37.7 Å². The van der Waals surface area contributed by atoms with Crippen molar-refractivity contribution in [2.45, 2.75) is 26.3 Å². The van der Waals surface area contributed by atoms with Gasteiger partial charge in [-0.25, -0.2) is 0 Å². The number of aryl methyl sites for hydroxylation is 1. The number of carbonyl (C=O) groups excluding carboxylic acids is 2. The Balaban J connectivity index is 1.60. The monoisotopic (exact) mass is 431 g/mol. The first kappa shape index (κ1) is 23.2. The maximum Gasteiger partial charge on any atom is 0.253 e. The highest BCUT2D eigenvalue weighted by Crippen LogP contribution is 2.19. The van der Waals surface area contributed by atoms with Crippen molar-refractivity contribution < 1.29 is 14.3 Å². The lowest BCUT2D eigenvalue weighted by Gasteiger charge is -2.23. The van der Waals surface area contributed by atoms with Crippen LogP contribution in [0.1, 0.15) is 22.4 Å². The fourth-order valence-corrected chi connectivity index (χ4v) is 3.44. The van der Waals surface area contributed by atoms with Crippen molar-refractivity contribution in [3.8, 4) is 0 Å². The van der Waals surface area contributed by atoms with Crippen molar-refractivity contribution in [1.29, 1.82) is 0 Å². The number of carbonyl (C=O) groups is 2. The molecule has 0 saturated heterocycles. The number of nitrogens with zero attached hydrogens (tertiary/aromatic N) is 2. The molecule has 32 heavy (non-hydrogen) atoms. The van der Waals surface area contributed by atoms with E-state index in [1.54, 1.807) is 11.1 Å². The Kier molecular flexibility index (Phi) is 8.52. The highest BCUT2D eigenvalue weighted by molar-refractivity contribution is 5.94. The Labute approximate surface area is 189 Å². The molecule has 0 aliphatic carbocycles. The van der Waals surface area contributed by atoms with Gasteiger partial charge in [-0.1, -0.05) is 48.0 Å². The first-order valence-corrected chi connectivity index (χ1v) is 10.7. The average molecular weight is 432 g/mol. The maximum absolute atomic E-state index is 12.7. The summed E-state index contributed by atoms with van der Waals surface area (Å²) in [6.45, 7) is 3.04. The molecule has 3 aromatic rings. The lowest BCUT2D eigenvalue weighted by molar-refractivity contribution is -0.122. The third-order valence-electron chi connectivity index (χ3n) is 5.03. The lowest BCUT2D eigenvalue weighted by atomic mass is 10.1. The van der Waals surface area contributed by atoms with Crippen LogP contribution in [0, 0.1) is 6.92 Å². The molecule has 6 nitrogen and oxygen atoms in total. The van der Waals surface area contributed by atoms with Crippen LogP contribution in [0.15, 0.2) is 72.9 Å². The Bertz CT molecular complexity index is 1020. The van der Waals surface area contributed by atoms with Crippen molar-refractivity contribution in [2.75, 3.05) is 25.2 Å². The summed E-state index contributed by atoms with van der Waals surface area (Å²) < 4.78 is 5.06. The van der Waals surface area contributed by atoms with E-state index in [0.717, 1.165) is 28.1 Å². The third-order valence-corrected chi connectivity index (χ3v) is 5.03. The van der Waals surface area contributed by atoms with E-state index in [0.29, 0.717) is 19.5 Å². The van der Waals surface area contributed by atoms with Gasteiger partial charge in [0.15, 0.2) is 0 Å². The molecule has 2 aromatic carbocycles. The van der Waals surface area contributed by atoms with Crippen LogP contribution >= 0.6 is 0 Å². The molecule has 6 heteroatoms. The van der Waals surface area contributed by atoms with Crippen molar-refractivity contribution in [3.63, 3.8) is 0 Å². The Hall–Kier alpha value is -3.51. The topological polar surface area (TPSA) is 71.5 Å². The maximum atomic E-state index is 12.7. The number of hydrogen-bond acceptors (Lipinski definition) is 4. The number of nitrogens with one attached hydrogen (secondary N) is 1. The second-order valence-corrected chi connectivity index (χ2v) is 7.67. The van der Waals surface area contributed by atoms with E-state index < -0.39 is 0 Å². The summed E-state index contributed by atoms with van der Waals surface area (Å²) in [5.74, 6) is -0.158. The molecular weight excluding hydrogens is 402 g/mol. The molecule has 0 fully saturated rings. The average Bonchev–Trinajstić information content (AvgIpc) is 2.79. The predicted molar refractivity (Wildman–Crippen MR) is 125 cm³/mol. The molecular formula is C26H29N3O3. The number of rotatable bonds is 10. The van der Waals surface area contributed by atoms with E-state index >= 15 is 0 Å². The molecule has 1 N–H and O–H groups in total. The van der Waals surface area contributed by atoms with Crippen molar-refractivity contribution in [2.24, 2.45) is 0 Å². The van der Waals surface area contributed by atoms with Gasteiger partial charge >= 0.3 is 0 Å². The van der Waals surface area contributed by atoms with Gasteiger partial charge in [-0.2, -0.15) is 0 Å². The number of methoxy groups -OCH3 is 1. The molecule has 2 amide bonds. The lowest BCUT2D eigenvalue weighted by Crippen LogP contribution is -2.33. The molecule has 0 saturated carbocycles. The number of anilines is 1. The third kappa shape index (κ3) is 7.03. The summed E-state index contributed by atoms with van der Waals surface area (Å²) in [6, 6.07) is 21.4. The van der Waals surface area contributed by atoms with Crippen LogP contribution in [0.3, 0.4) is 0 Å². The van der Waals surface area contributed by atoms with Crippen LogP contribution in [-0.4, -0.2) is 37.1 Å². The van der Waals surface area contributed by atoms with Gasteiger partial charge in [-0.05, 0) is 42.3 Å². The zero-order valence-electron chi connectivity index (χ0n) is 18.6. The van der Waals surface area contributed by atoms with Crippen LogP contribution < -0.4 is 10.2 Å². The second-order valence-electron chi connectivity index (χ2n) is 7.67. The number of aromatic nitrogens is 1. The highest BCUT2D eigenvalue weighted by Gasteiger charge is 2.16. The first-order chi connectivity index (χ1) is 15.5. The molecule has 3 rings (SSSR count). The molecule has 1 heterocycles. The van der Waals surface area contributed by atoms with Crippen LogP contribution in [0.4, 0.5) is 5.69 Å². The molecule has 0 unspecified atom stereocenters. The second kappa shape index (κ2) is 11.8. The van der Waals surface area contributed by atoms with Gasteiger partial charge in [0.2, 0.25) is 5.91 Å². The summed E-state index contributed by atoms with van der Waals surface area (Å²) in [4.78, 5) is 30.9. The Morgan fingerprint density at radius 1 is 1.00 bits per heavy atom. The Morgan fingerprint density at radius 2 is 1.81 bits per heavy atom. The number of amides is 2. The molecule has 1 aromatic heterocycles. The number of hydrogen-bond donors (Lipinski definition) is 1. The predicted octanol–water partition coefficient (Wildman–Crippen LogP) is 3.47. The first-order valence-electron chi connectivity index (χ1n) is 10.7. The molecule has 166 valence electrons. The SMILES string of the molecule is COCC(=O)N(Cc1cccc(C)c1)c1ccc(CC(=O)NCCc2ccccn2)cc1. The minimum atomic E-state index is -0.117. The minimum Gasteiger partial charge on any atom is -0.375 e. The van der Waals surface area contributed by atoms with Gasteiger partial charge < -0.3 is 15.0 Å². The zero-order valence-corrected chi connectivity index (χ0v) is 18.6. The quantitative estimate of drug-likeness (QED) is 0.534. The van der Waals surface area contributed by atoms with Crippen LogP contribution in [0.2, 0.25) is 0 Å². The fraction of sp³-hybridized carbons (Fsp3) is 0.269. The van der Waals surface area contributed by atoms with Crippen LogP contribution in [0.5, 0.6) is 0 Å². The summed E-state index contributed by atoms with van der Waals surface area (Å²) in [6.07, 6.45) is 2.73. The standard InChI is InChI=1S/C26H29N3O3/c1-20-6-5-7-22(16-20)18-29(26(31)19-32-2)24-11-9-21(10-12-24)17-25(30)28-15-13-23-8-3-4-14-27-23/h3-12,14,16H,13,15,17-19H2,1-2H3,(H,28,30). The van der Waals surface area contributed by atoms with Gasteiger partial charge in [-0.3, -0.25) is 14.6 Å².